The molecule has 0 saturated carbocycles. The minimum atomic E-state index is -0.414. The summed E-state index contributed by atoms with van der Waals surface area (Å²) in [6, 6.07) is 6.50. The van der Waals surface area contributed by atoms with Gasteiger partial charge in [0.15, 0.2) is 0 Å². The van der Waals surface area contributed by atoms with E-state index in [2.05, 4.69) is 17.5 Å². The summed E-state index contributed by atoms with van der Waals surface area (Å²) in [5.74, 6) is -0.0205. The number of unbranched alkanes of at least 4 members (excludes halogenated alkanes) is 2. The third-order valence-electron chi connectivity index (χ3n) is 3.14. The first kappa shape index (κ1) is 17.2. The van der Waals surface area contributed by atoms with Crippen molar-refractivity contribution in [2.75, 3.05) is 0 Å². The lowest BCUT2D eigenvalue weighted by atomic mass is 10.1. The second-order valence-corrected chi connectivity index (χ2v) is 5.07. The van der Waals surface area contributed by atoms with Gasteiger partial charge in [0.2, 0.25) is 5.91 Å². The minimum Gasteiger partial charge on any atom is -0.508 e. The van der Waals surface area contributed by atoms with Crippen molar-refractivity contribution in [3.8, 4) is 5.75 Å². The number of amides is 1. The molecule has 3 N–H and O–H groups in total. The second kappa shape index (κ2) is 9.94. The highest BCUT2D eigenvalue weighted by Gasteiger charge is 2.07. The number of aromatic hydroxyl groups is 1. The standard InChI is InChI=1S/C16H24N2O3/c1-2-3-4-5-14(19)10-11-16(21)18-17-12-13-6-8-15(20)9-7-13/h6-9,12,14,19-20H,2-5,10-11H2,1H3,(H,18,21)/b17-12+/t14-/m1/s1. The van der Waals surface area contributed by atoms with Gasteiger partial charge < -0.3 is 10.2 Å². The molecule has 0 bridgehead atoms. The topological polar surface area (TPSA) is 81.9 Å². The summed E-state index contributed by atoms with van der Waals surface area (Å²) in [6.07, 6.45) is 5.80. The van der Waals surface area contributed by atoms with Gasteiger partial charge in [0, 0.05) is 6.42 Å². The predicted molar refractivity (Wildman–Crippen MR) is 83.2 cm³/mol. The van der Waals surface area contributed by atoms with Gasteiger partial charge in [-0.05, 0) is 42.7 Å². The predicted octanol–water partition coefficient (Wildman–Crippen LogP) is 2.56. The van der Waals surface area contributed by atoms with Crippen molar-refractivity contribution in [1.29, 1.82) is 0 Å². The van der Waals surface area contributed by atoms with E-state index in [4.69, 9.17) is 5.11 Å². The number of aliphatic hydroxyl groups excluding tert-OH is 1. The van der Waals surface area contributed by atoms with E-state index in [-0.39, 0.29) is 18.1 Å². The number of hydrogen-bond donors (Lipinski definition) is 3. The molecule has 0 unspecified atom stereocenters. The van der Waals surface area contributed by atoms with Crippen LogP contribution in [0, 0.1) is 0 Å². The van der Waals surface area contributed by atoms with Gasteiger partial charge in [0.1, 0.15) is 5.75 Å². The molecule has 116 valence electrons. The van der Waals surface area contributed by atoms with E-state index in [9.17, 15) is 9.90 Å². The number of nitrogens with one attached hydrogen (secondary N) is 1. The van der Waals surface area contributed by atoms with Crippen LogP contribution in [0.15, 0.2) is 29.4 Å². The Kier molecular flexibility index (Phi) is 8.12. The quantitative estimate of drug-likeness (QED) is 0.371. The average Bonchev–Trinajstić information content (AvgIpc) is 2.47. The minimum absolute atomic E-state index is 0.188. The molecular formula is C16H24N2O3. The van der Waals surface area contributed by atoms with E-state index in [0.717, 1.165) is 31.2 Å². The van der Waals surface area contributed by atoms with Crippen molar-refractivity contribution >= 4 is 12.1 Å². The van der Waals surface area contributed by atoms with Crippen LogP contribution in [0.1, 0.15) is 51.0 Å². The van der Waals surface area contributed by atoms with E-state index in [0.29, 0.717) is 6.42 Å². The number of rotatable bonds is 9. The zero-order chi connectivity index (χ0) is 15.5. The highest BCUT2D eigenvalue weighted by molar-refractivity contribution is 5.82. The van der Waals surface area contributed by atoms with E-state index in [1.54, 1.807) is 24.3 Å². The highest BCUT2D eigenvalue weighted by Crippen LogP contribution is 2.09. The van der Waals surface area contributed by atoms with Crippen molar-refractivity contribution in [2.24, 2.45) is 5.10 Å². The van der Waals surface area contributed by atoms with Crippen LogP contribution in [-0.2, 0) is 4.79 Å². The van der Waals surface area contributed by atoms with Gasteiger partial charge >= 0.3 is 0 Å². The van der Waals surface area contributed by atoms with E-state index >= 15 is 0 Å². The fourth-order valence-electron chi connectivity index (χ4n) is 1.87. The molecule has 0 radical (unpaired) electrons. The Hall–Kier alpha value is -1.88. The molecule has 1 amide bonds. The Balaban J connectivity index is 2.20. The van der Waals surface area contributed by atoms with E-state index in [1.165, 1.54) is 6.21 Å². The Morgan fingerprint density at radius 2 is 2.00 bits per heavy atom. The maximum absolute atomic E-state index is 11.5. The zero-order valence-electron chi connectivity index (χ0n) is 12.5. The van der Waals surface area contributed by atoms with E-state index in [1.807, 2.05) is 0 Å². The molecule has 1 aromatic carbocycles. The second-order valence-electron chi connectivity index (χ2n) is 5.07. The number of nitrogens with zero attached hydrogens (tertiary/aromatic N) is 1. The molecule has 5 heteroatoms. The van der Waals surface area contributed by atoms with Gasteiger partial charge in [-0.15, -0.1) is 0 Å². The lowest BCUT2D eigenvalue weighted by Gasteiger charge is -2.08. The molecule has 1 aromatic rings. The summed E-state index contributed by atoms with van der Waals surface area (Å²) in [6.45, 7) is 2.12. The molecule has 0 saturated heterocycles. The highest BCUT2D eigenvalue weighted by atomic mass is 16.3. The average molecular weight is 292 g/mol. The lowest BCUT2D eigenvalue weighted by Crippen LogP contribution is -2.19. The van der Waals surface area contributed by atoms with Crippen molar-refractivity contribution in [1.82, 2.24) is 5.43 Å². The van der Waals surface area contributed by atoms with Crippen molar-refractivity contribution in [2.45, 2.75) is 51.6 Å². The van der Waals surface area contributed by atoms with E-state index < -0.39 is 6.10 Å². The van der Waals surface area contributed by atoms with Crippen molar-refractivity contribution in [3.63, 3.8) is 0 Å². The van der Waals surface area contributed by atoms with Crippen LogP contribution in [0.3, 0.4) is 0 Å². The van der Waals surface area contributed by atoms with Gasteiger partial charge in [-0.3, -0.25) is 4.79 Å². The summed E-state index contributed by atoms with van der Waals surface area (Å²) < 4.78 is 0. The molecule has 1 atom stereocenters. The lowest BCUT2D eigenvalue weighted by molar-refractivity contribution is -0.121. The number of carbonyl (C=O) groups is 1. The van der Waals surface area contributed by atoms with Gasteiger partial charge in [-0.25, -0.2) is 5.43 Å². The van der Waals surface area contributed by atoms with Crippen LogP contribution in [0.4, 0.5) is 0 Å². The van der Waals surface area contributed by atoms with Gasteiger partial charge in [-0.1, -0.05) is 26.2 Å². The first-order valence-electron chi connectivity index (χ1n) is 7.40. The number of aliphatic hydroxyl groups is 1. The van der Waals surface area contributed by atoms with Crippen molar-refractivity contribution in [3.05, 3.63) is 29.8 Å². The summed E-state index contributed by atoms with van der Waals surface area (Å²) in [5.41, 5.74) is 3.21. The largest absolute Gasteiger partial charge is 0.508 e. The number of phenolic OH excluding ortho intramolecular Hbond substituents is 1. The molecule has 0 aliphatic heterocycles. The monoisotopic (exact) mass is 292 g/mol. The van der Waals surface area contributed by atoms with Crippen LogP contribution in [0.5, 0.6) is 5.75 Å². The Morgan fingerprint density at radius 1 is 1.29 bits per heavy atom. The summed E-state index contributed by atoms with van der Waals surface area (Å²) in [5, 5.41) is 22.7. The van der Waals surface area contributed by atoms with Crippen LogP contribution in [0.2, 0.25) is 0 Å². The van der Waals surface area contributed by atoms with Crippen molar-refractivity contribution < 1.29 is 15.0 Å². The molecule has 0 aliphatic rings. The fourth-order valence-corrected chi connectivity index (χ4v) is 1.87. The molecular weight excluding hydrogens is 268 g/mol. The number of phenols is 1. The molecule has 0 aliphatic carbocycles. The molecule has 5 nitrogen and oxygen atoms in total. The zero-order valence-corrected chi connectivity index (χ0v) is 12.5. The fraction of sp³-hybridized carbons (Fsp3) is 0.500. The summed E-state index contributed by atoms with van der Waals surface area (Å²) in [4.78, 5) is 11.5. The Labute approximate surface area is 125 Å². The number of benzene rings is 1. The third-order valence-corrected chi connectivity index (χ3v) is 3.14. The van der Waals surface area contributed by atoms with Gasteiger partial charge in [0.25, 0.3) is 0 Å². The normalized spacial score (nSPS) is 12.5. The smallest absolute Gasteiger partial charge is 0.240 e. The Bertz CT molecular complexity index is 443. The first-order valence-corrected chi connectivity index (χ1v) is 7.40. The molecule has 0 fully saturated rings. The van der Waals surface area contributed by atoms with Gasteiger partial charge in [-0.2, -0.15) is 5.10 Å². The molecule has 0 heterocycles. The molecule has 0 aromatic heterocycles. The molecule has 21 heavy (non-hydrogen) atoms. The maximum atomic E-state index is 11.5. The van der Waals surface area contributed by atoms with Crippen LogP contribution in [0.25, 0.3) is 0 Å². The van der Waals surface area contributed by atoms with Gasteiger partial charge in [0.05, 0.1) is 12.3 Å². The molecule has 0 spiro atoms. The number of hydrazone groups is 1. The molecule has 1 rings (SSSR count). The SMILES string of the molecule is CCCCC[C@@H](O)CCC(=O)N/N=C/c1ccc(O)cc1. The Morgan fingerprint density at radius 3 is 2.67 bits per heavy atom. The summed E-state index contributed by atoms with van der Waals surface area (Å²) >= 11 is 0. The van der Waals surface area contributed by atoms with Crippen LogP contribution >= 0.6 is 0 Å². The first-order chi connectivity index (χ1) is 10.1. The summed E-state index contributed by atoms with van der Waals surface area (Å²) in [7, 11) is 0. The number of hydrogen-bond acceptors (Lipinski definition) is 4. The van der Waals surface area contributed by atoms with Crippen LogP contribution < -0.4 is 5.43 Å². The third kappa shape index (κ3) is 8.09. The number of carbonyl (C=O) groups excluding carboxylic acids is 1. The maximum Gasteiger partial charge on any atom is 0.240 e. The van der Waals surface area contributed by atoms with Crippen LogP contribution in [-0.4, -0.2) is 28.4 Å².